The Bertz CT molecular complexity index is 658. The summed E-state index contributed by atoms with van der Waals surface area (Å²) >= 11 is 0. The van der Waals surface area contributed by atoms with Crippen molar-refractivity contribution in [2.75, 3.05) is 13.7 Å². The molecule has 1 unspecified atom stereocenters. The van der Waals surface area contributed by atoms with Gasteiger partial charge in [0.2, 0.25) is 0 Å². The molecule has 0 saturated heterocycles. The molecule has 2 nitrogen and oxygen atoms in total. The Kier molecular flexibility index (Phi) is 3.68. The average Bonchev–Trinajstić information content (AvgIpc) is 2.89. The second kappa shape index (κ2) is 5.49. The minimum Gasteiger partial charge on any atom is -0.493 e. The second-order valence-electron chi connectivity index (χ2n) is 5.66. The third-order valence-electron chi connectivity index (χ3n) is 4.10. The topological polar surface area (TPSA) is 21.3 Å². The van der Waals surface area contributed by atoms with Crippen LogP contribution in [-0.2, 0) is 6.42 Å². The van der Waals surface area contributed by atoms with E-state index < -0.39 is 0 Å². The molecule has 3 heteroatoms. The predicted molar refractivity (Wildman–Crippen MR) is 82.4 cm³/mol. The van der Waals surface area contributed by atoms with Crippen LogP contribution >= 0.6 is 0 Å². The summed E-state index contributed by atoms with van der Waals surface area (Å²) in [6.45, 7) is 4.62. The maximum atomic E-state index is 14.4. The predicted octanol–water partition coefficient (Wildman–Crippen LogP) is 3.69. The van der Waals surface area contributed by atoms with Crippen LogP contribution in [0, 0.1) is 19.7 Å². The molecular weight excluding hydrogens is 265 g/mol. The van der Waals surface area contributed by atoms with Gasteiger partial charge in [0.1, 0.15) is 11.6 Å². The molecule has 0 amide bonds. The maximum absolute atomic E-state index is 14.4. The fourth-order valence-electron chi connectivity index (χ4n) is 3.16. The highest BCUT2D eigenvalue weighted by Gasteiger charge is 2.21. The molecule has 0 aliphatic carbocycles. The van der Waals surface area contributed by atoms with Crippen molar-refractivity contribution in [2.24, 2.45) is 0 Å². The number of fused-ring (bicyclic) bond motifs is 1. The van der Waals surface area contributed by atoms with E-state index in [4.69, 9.17) is 4.74 Å². The summed E-state index contributed by atoms with van der Waals surface area (Å²) in [5.41, 5.74) is 4.93. The van der Waals surface area contributed by atoms with Gasteiger partial charge in [0, 0.05) is 12.0 Å². The molecule has 1 aliphatic rings. The summed E-state index contributed by atoms with van der Waals surface area (Å²) in [6, 6.07) is 9.62. The number of hydrogen-bond acceptors (Lipinski definition) is 2. The number of ether oxygens (including phenoxy) is 1. The third-order valence-corrected chi connectivity index (χ3v) is 4.10. The molecule has 3 rings (SSSR count). The molecule has 1 heterocycles. The lowest BCUT2D eigenvalue weighted by Crippen LogP contribution is -2.20. The van der Waals surface area contributed by atoms with E-state index in [2.05, 4.69) is 11.4 Å². The molecular formula is C18H20FNO. The van der Waals surface area contributed by atoms with E-state index in [0.29, 0.717) is 0 Å². The highest BCUT2D eigenvalue weighted by atomic mass is 19.1. The molecule has 0 fully saturated rings. The Labute approximate surface area is 125 Å². The summed E-state index contributed by atoms with van der Waals surface area (Å²) in [6.07, 6.45) is 0.926. The zero-order valence-electron chi connectivity index (χ0n) is 12.7. The van der Waals surface area contributed by atoms with Crippen molar-refractivity contribution in [3.05, 3.63) is 64.0 Å². The van der Waals surface area contributed by atoms with Gasteiger partial charge in [-0.3, -0.25) is 0 Å². The van der Waals surface area contributed by atoms with Gasteiger partial charge in [-0.1, -0.05) is 18.2 Å². The van der Waals surface area contributed by atoms with Crippen molar-refractivity contribution >= 4 is 0 Å². The monoisotopic (exact) mass is 285 g/mol. The molecule has 2 aromatic carbocycles. The molecule has 0 saturated carbocycles. The first-order chi connectivity index (χ1) is 10.1. The fraction of sp³-hybridized carbons (Fsp3) is 0.333. The maximum Gasteiger partial charge on any atom is 0.128 e. The van der Waals surface area contributed by atoms with Gasteiger partial charge in [-0.15, -0.1) is 0 Å². The van der Waals surface area contributed by atoms with Gasteiger partial charge in [-0.25, -0.2) is 4.39 Å². The van der Waals surface area contributed by atoms with Crippen LogP contribution in [0.2, 0.25) is 0 Å². The first-order valence-electron chi connectivity index (χ1n) is 7.29. The Morgan fingerprint density at radius 1 is 1.19 bits per heavy atom. The summed E-state index contributed by atoms with van der Waals surface area (Å²) < 4.78 is 20.0. The largest absolute Gasteiger partial charge is 0.493 e. The zero-order chi connectivity index (χ0) is 15.0. The molecule has 0 aromatic heterocycles. The van der Waals surface area contributed by atoms with E-state index in [1.807, 2.05) is 39.1 Å². The van der Waals surface area contributed by atoms with E-state index in [1.165, 1.54) is 5.56 Å². The van der Waals surface area contributed by atoms with Gasteiger partial charge in [0.05, 0.1) is 12.6 Å². The Balaban J connectivity index is 2.07. The van der Waals surface area contributed by atoms with E-state index >= 15 is 0 Å². The van der Waals surface area contributed by atoms with E-state index in [-0.39, 0.29) is 11.9 Å². The van der Waals surface area contributed by atoms with Crippen molar-refractivity contribution in [1.29, 1.82) is 0 Å². The number of aryl methyl sites for hydroxylation is 2. The van der Waals surface area contributed by atoms with Gasteiger partial charge < -0.3 is 10.1 Å². The minimum atomic E-state index is -0.149. The van der Waals surface area contributed by atoms with Gasteiger partial charge in [-0.05, 0) is 55.3 Å². The van der Waals surface area contributed by atoms with Crippen LogP contribution in [0.25, 0.3) is 0 Å². The van der Waals surface area contributed by atoms with Crippen LogP contribution in [-0.4, -0.2) is 13.7 Å². The lowest BCUT2D eigenvalue weighted by molar-refractivity contribution is 0.357. The summed E-state index contributed by atoms with van der Waals surface area (Å²) in [5, 5.41) is 3.25. The van der Waals surface area contributed by atoms with Crippen LogP contribution in [0.1, 0.15) is 33.9 Å². The fourth-order valence-corrected chi connectivity index (χ4v) is 3.16. The number of rotatable bonds is 3. The Morgan fingerprint density at radius 3 is 2.71 bits per heavy atom. The molecule has 1 N–H and O–H groups in total. The number of nitrogens with one attached hydrogen (secondary N) is 1. The van der Waals surface area contributed by atoms with Gasteiger partial charge in [-0.2, -0.15) is 0 Å². The van der Waals surface area contributed by atoms with E-state index in [1.54, 1.807) is 6.07 Å². The quantitative estimate of drug-likeness (QED) is 0.928. The minimum absolute atomic E-state index is 0.142. The van der Waals surface area contributed by atoms with E-state index in [0.717, 1.165) is 41.0 Å². The lowest BCUT2D eigenvalue weighted by atomic mass is 9.92. The number of hydrogen-bond donors (Lipinski definition) is 1. The molecule has 2 aromatic rings. The standard InChI is InChI=1S/C18H20FNO/c1-11-8-12(2)17(15(19)9-11)18(20-3)14-4-5-16-13(10-14)6-7-21-16/h4-5,8-10,18,20H,6-7H2,1-3H3. The molecule has 0 radical (unpaired) electrons. The molecule has 0 bridgehead atoms. The Morgan fingerprint density at radius 2 is 2.00 bits per heavy atom. The van der Waals surface area contributed by atoms with Crippen molar-refractivity contribution in [1.82, 2.24) is 5.32 Å². The van der Waals surface area contributed by atoms with Crippen molar-refractivity contribution in [3.63, 3.8) is 0 Å². The molecule has 1 aliphatic heterocycles. The van der Waals surface area contributed by atoms with Crippen molar-refractivity contribution in [2.45, 2.75) is 26.3 Å². The first kappa shape index (κ1) is 14.1. The third kappa shape index (κ3) is 2.54. The van der Waals surface area contributed by atoms with Crippen LogP contribution in [0.15, 0.2) is 30.3 Å². The zero-order valence-corrected chi connectivity index (χ0v) is 12.7. The average molecular weight is 285 g/mol. The van der Waals surface area contributed by atoms with Gasteiger partial charge in [0.15, 0.2) is 0 Å². The second-order valence-corrected chi connectivity index (χ2v) is 5.66. The smallest absolute Gasteiger partial charge is 0.128 e. The molecule has 110 valence electrons. The summed E-state index contributed by atoms with van der Waals surface area (Å²) in [4.78, 5) is 0. The molecule has 0 spiro atoms. The first-order valence-corrected chi connectivity index (χ1v) is 7.29. The highest BCUT2D eigenvalue weighted by Crippen LogP contribution is 2.32. The SMILES string of the molecule is CNC(c1ccc2c(c1)CCO2)c1c(C)cc(C)cc1F. The van der Waals surface area contributed by atoms with Crippen molar-refractivity contribution in [3.8, 4) is 5.75 Å². The van der Waals surface area contributed by atoms with Gasteiger partial charge >= 0.3 is 0 Å². The van der Waals surface area contributed by atoms with Crippen LogP contribution < -0.4 is 10.1 Å². The van der Waals surface area contributed by atoms with Crippen LogP contribution in [0.4, 0.5) is 4.39 Å². The lowest BCUT2D eigenvalue weighted by Gasteiger charge is -2.21. The number of benzene rings is 2. The normalized spacial score (nSPS) is 14.7. The highest BCUT2D eigenvalue weighted by molar-refractivity contribution is 5.45. The Hall–Kier alpha value is -1.87. The van der Waals surface area contributed by atoms with Crippen molar-refractivity contribution < 1.29 is 9.13 Å². The van der Waals surface area contributed by atoms with Gasteiger partial charge in [0.25, 0.3) is 0 Å². The van der Waals surface area contributed by atoms with Crippen LogP contribution in [0.3, 0.4) is 0 Å². The summed E-state index contributed by atoms with van der Waals surface area (Å²) in [7, 11) is 1.87. The molecule has 1 atom stereocenters. The van der Waals surface area contributed by atoms with E-state index in [9.17, 15) is 4.39 Å². The van der Waals surface area contributed by atoms with Crippen LogP contribution in [0.5, 0.6) is 5.75 Å². The molecule has 21 heavy (non-hydrogen) atoms. The summed E-state index contributed by atoms with van der Waals surface area (Å²) in [5.74, 6) is 0.804. The number of halogens is 1.